The summed E-state index contributed by atoms with van der Waals surface area (Å²) in [6.45, 7) is 4.43. The Morgan fingerprint density at radius 3 is 2.57 bits per heavy atom. The Hall–Kier alpha value is -0.820. The van der Waals surface area contributed by atoms with Crippen molar-refractivity contribution in [2.24, 2.45) is 0 Å². The van der Waals surface area contributed by atoms with Crippen molar-refractivity contribution in [3.63, 3.8) is 0 Å². The second kappa shape index (κ2) is 5.82. The molecule has 1 atom stereocenters. The minimum Gasteiger partial charge on any atom is -0.313 e. The summed E-state index contributed by atoms with van der Waals surface area (Å²) in [5.41, 5.74) is 2.84. The van der Waals surface area contributed by atoms with Gasteiger partial charge in [-0.05, 0) is 31.5 Å². The van der Waals surface area contributed by atoms with Gasteiger partial charge >= 0.3 is 0 Å². The maximum absolute atomic E-state index is 3.39. The highest BCUT2D eigenvalue weighted by Crippen LogP contribution is 2.21. The minimum atomic E-state index is 0.524. The van der Waals surface area contributed by atoms with Crippen LogP contribution in [0.4, 0.5) is 0 Å². The van der Waals surface area contributed by atoms with Gasteiger partial charge in [-0.15, -0.1) is 0 Å². The van der Waals surface area contributed by atoms with Crippen molar-refractivity contribution in [1.29, 1.82) is 0 Å². The van der Waals surface area contributed by atoms with Crippen LogP contribution in [-0.2, 0) is 0 Å². The summed E-state index contributed by atoms with van der Waals surface area (Å²) in [6.07, 6.45) is 3.79. The fourth-order valence-electron chi connectivity index (χ4n) is 1.84. The molecule has 0 amide bonds. The normalized spacial score (nSPS) is 12.8. The molecule has 1 aromatic carbocycles. The van der Waals surface area contributed by atoms with Gasteiger partial charge in [0, 0.05) is 6.04 Å². The summed E-state index contributed by atoms with van der Waals surface area (Å²) in [7, 11) is 2.05. The molecule has 0 heterocycles. The summed E-state index contributed by atoms with van der Waals surface area (Å²) >= 11 is 0. The fraction of sp³-hybridized carbons (Fsp3) is 0.538. The van der Waals surface area contributed by atoms with E-state index in [1.54, 1.807) is 0 Å². The first-order chi connectivity index (χ1) is 6.79. The predicted molar refractivity (Wildman–Crippen MR) is 62.5 cm³/mol. The van der Waals surface area contributed by atoms with E-state index >= 15 is 0 Å². The zero-order valence-electron chi connectivity index (χ0n) is 9.51. The lowest BCUT2D eigenvalue weighted by atomic mass is 9.97. The molecule has 0 aliphatic carbocycles. The Labute approximate surface area is 87.5 Å². The highest BCUT2D eigenvalue weighted by atomic mass is 14.9. The first-order valence-electron chi connectivity index (χ1n) is 5.52. The number of unbranched alkanes of at least 4 members (excludes halogenated alkanes) is 1. The third-order valence-electron chi connectivity index (χ3n) is 2.76. The van der Waals surface area contributed by atoms with Crippen molar-refractivity contribution >= 4 is 0 Å². The number of nitrogens with one attached hydrogen (secondary N) is 1. The van der Waals surface area contributed by atoms with E-state index in [4.69, 9.17) is 0 Å². The topological polar surface area (TPSA) is 12.0 Å². The predicted octanol–water partition coefficient (Wildman–Crippen LogP) is 3.45. The molecule has 0 aromatic heterocycles. The van der Waals surface area contributed by atoms with E-state index in [0.29, 0.717) is 6.04 Å². The Balaban J connectivity index is 2.73. The second-order valence-corrected chi connectivity index (χ2v) is 3.84. The zero-order chi connectivity index (χ0) is 10.4. The first kappa shape index (κ1) is 11.3. The van der Waals surface area contributed by atoms with E-state index in [2.05, 4.69) is 43.4 Å². The van der Waals surface area contributed by atoms with Crippen LogP contribution in [-0.4, -0.2) is 7.05 Å². The number of benzene rings is 1. The molecular formula is C13H21N. The largest absolute Gasteiger partial charge is 0.313 e. The second-order valence-electron chi connectivity index (χ2n) is 3.84. The van der Waals surface area contributed by atoms with Gasteiger partial charge in [-0.2, -0.15) is 0 Å². The summed E-state index contributed by atoms with van der Waals surface area (Å²) in [5, 5.41) is 3.39. The Kier molecular flexibility index (Phi) is 4.68. The molecule has 0 fully saturated rings. The van der Waals surface area contributed by atoms with Crippen LogP contribution in [0.5, 0.6) is 0 Å². The molecule has 0 saturated heterocycles. The van der Waals surface area contributed by atoms with Crippen molar-refractivity contribution in [3.05, 3.63) is 35.4 Å². The third-order valence-corrected chi connectivity index (χ3v) is 2.76. The number of aryl methyl sites for hydroxylation is 1. The summed E-state index contributed by atoms with van der Waals surface area (Å²) < 4.78 is 0. The molecule has 1 unspecified atom stereocenters. The van der Waals surface area contributed by atoms with Gasteiger partial charge in [-0.1, -0.05) is 44.0 Å². The molecule has 78 valence electrons. The van der Waals surface area contributed by atoms with Crippen molar-refractivity contribution < 1.29 is 0 Å². The van der Waals surface area contributed by atoms with Crippen molar-refractivity contribution in [1.82, 2.24) is 5.32 Å². The molecule has 0 radical (unpaired) electrons. The lowest BCUT2D eigenvalue weighted by Gasteiger charge is -2.18. The van der Waals surface area contributed by atoms with Gasteiger partial charge in [0.25, 0.3) is 0 Å². The quantitative estimate of drug-likeness (QED) is 0.751. The molecule has 1 heteroatoms. The average molecular weight is 191 g/mol. The molecule has 0 aliphatic rings. The number of hydrogen-bond donors (Lipinski definition) is 1. The van der Waals surface area contributed by atoms with Crippen LogP contribution in [0.25, 0.3) is 0 Å². The van der Waals surface area contributed by atoms with E-state index in [1.165, 1.54) is 30.4 Å². The van der Waals surface area contributed by atoms with Crippen LogP contribution < -0.4 is 5.32 Å². The minimum absolute atomic E-state index is 0.524. The molecule has 1 N–H and O–H groups in total. The van der Waals surface area contributed by atoms with Gasteiger partial charge in [0.2, 0.25) is 0 Å². The van der Waals surface area contributed by atoms with Crippen molar-refractivity contribution in [3.8, 4) is 0 Å². The Bertz CT molecular complexity index is 268. The van der Waals surface area contributed by atoms with E-state index in [9.17, 15) is 0 Å². The first-order valence-corrected chi connectivity index (χ1v) is 5.52. The molecule has 0 bridgehead atoms. The Morgan fingerprint density at radius 1 is 1.29 bits per heavy atom. The van der Waals surface area contributed by atoms with Gasteiger partial charge in [-0.3, -0.25) is 0 Å². The van der Waals surface area contributed by atoms with Gasteiger partial charge in [0.05, 0.1) is 0 Å². The molecule has 1 aromatic rings. The van der Waals surface area contributed by atoms with Gasteiger partial charge < -0.3 is 5.32 Å². The van der Waals surface area contributed by atoms with Gasteiger partial charge in [-0.25, -0.2) is 0 Å². The molecule has 14 heavy (non-hydrogen) atoms. The smallest absolute Gasteiger partial charge is 0.0320 e. The van der Waals surface area contributed by atoms with Crippen LogP contribution >= 0.6 is 0 Å². The summed E-state index contributed by atoms with van der Waals surface area (Å²) in [5.74, 6) is 0. The van der Waals surface area contributed by atoms with Gasteiger partial charge in [0.15, 0.2) is 0 Å². The molecule has 1 rings (SSSR count). The number of hydrogen-bond acceptors (Lipinski definition) is 1. The van der Waals surface area contributed by atoms with Gasteiger partial charge in [0.1, 0.15) is 0 Å². The van der Waals surface area contributed by atoms with Crippen LogP contribution in [0.1, 0.15) is 43.4 Å². The monoisotopic (exact) mass is 191 g/mol. The molecule has 1 nitrogen and oxygen atoms in total. The van der Waals surface area contributed by atoms with E-state index in [-0.39, 0.29) is 0 Å². The van der Waals surface area contributed by atoms with Crippen molar-refractivity contribution in [2.45, 2.75) is 39.2 Å². The maximum atomic E-state index is 3.39. The molecule has 0 spiro atoms. The van der Waals surface area contributed by atoms with E-state index < -0.39 is 0 Å². The van der Waals surface area contributed by atoms with Crippen LogP contribution in [0.2, 0.25) is 0 Å². The van der Waals surface area contributed by atoms with E-state index in [0.717, 1.165) is 0 Å². The summed E-state index contributed by atoms with van der Waals surface area (Å²) in [4.78, 5) is 0. The SMILES string of the molecule is CCCCC(NC)c1ccccc1C. The fourth-order valence-corrected chi connectivity index (χ4v) is 1.84. The number of rotatable bonds is 5. The lowest BCUT2D eigenvalue weighted by Crippen LogP contribution is -2.17. The van der Waals surface area contributed by atoms with Crippen LogP contribution in [0.15, 0.2) is 24.3 Å². The average Bonchev–Trinajstić information content (AvgIpc) is 2.21. The van der Waals surface area contributed by atoms with Crippen molar-refractivity contribution in [2.75, 3.05) is 7.05 Å². The highest BCUT2D eigenvalue weighted by Gasteiger charge is 2.09. The zero-order valence-corrected chi connectivity index (χ0v) is 9.51. The summed E-state index contributed by atoms with van der Waals surface area (Å²) in [6, 6.07) is 9.16. The van der Waals surface area contributed by atoms with Crippen LogP contribution in [0, 0.1) is 6.92 Å². The van der Waals surface area contributed by atoms with E-state index in [1.807, 2.05) is 7.05 Å². The molecular weight excluding hydrogens is 170 g/mol. The highest BCUT2D eigenvalue weighted by molar-refractivity contribution is 5.28. The van der Waals surface area contributed by atoms with Crippen LogP contribution in [0.3, 0.4) is 0 Å². The maximum Gasteiger partial charge on any atom is 0.0320 e. The molecule has 0 aliphatic heterocycles. The lowest BCUT2D eigenvalue weighted by molar-refractivity contribution is 0.521. The third kappa shape index (κ3) is 2.85. The Morgan fingerprint density at radius 2 is 2.00 bits per heavy atom. The molecule has 0 saturated carbocycles. The standard InChI is InChI=1S/C13H21N/c1-4-5-10-13(14-3)12-9-7-6-8-11(12)2/h6-9,13-14H,4-5,10H2,1-3H3.